The Hall–Kier alpha value is -2.65. The number of pyridine rings is 1. The number of nitrogens with two attached hydrogens (primary N) is 1. The lowest BCUT2D eigenvalue weighted by atomic mass is 10.2. The highest BCUT2D eigenvalue weighted by atomic mass is 32.2. The Kier molecular flexibility index (Phi) is 3.78. The van der Waals surface area contributed by atoms with E-state index in [1.54, 1.807) is 0 Å². The molecule has 0 radical (unpaired) electrons. The number of para-hydroxylation sites is 1. The van der Waals surface area contributed by atoms with Gasteiger partial charge in [0, 0.05) is 12.1 Å². The summed E-state index contributed by atoms with van der Waals surface area (Å²) in [5.74, 6) is -1.24. The average Bonchev–Trinajstić information content (AvgIpc) is 2.37. The first-order valence-electron chi connectivity index (χ1n) is 5.64. The molecule has 21 heavy (non-hydrogen) atoms. The van der Waals surface area contributed by atoms with Gasteiger partial charge in [-0.05, 0) is 12.1 Å². The van der Waals surface area contributed by atoms with Crippen LogP contribution in [-0.4, -0.2) is 24.4 Å². The van der Waals surface area contributed by atoms with E-state index in [0.717, 1.165) is 12.1 Å². The zero-order valence-corrected chi connectivity index (χ0v) is 11.3. The molecule has 0 aliphatic heterocycles. The molecule has 0 aliphatic carbocycles. The van der Waals surface area contributed by atoms with Crippen molar-refractivity contribution in [1.82, 2.24) is 4.98 Å². The smallest absolute Gasteiger partial charge is 0.256 e. The van der Waals surface area contributed by atoms with Crippen molar-refractivity contribution in [3.05, 3.63) is 52.3 Å². The number of amides is 1. The van der Waals surface area contributed by atoms with E-state index in [1.165, 1.54) is 24.3 Å². The molecule has 1 heterocycles. The van der Waals surface area contributed by atoms with Crippen LogP contribution >= 0.6 is 0 Å². The van der Waals surface area contributed by atoms with Crippen molar-refractivity contribution in [2.45, 2.75) is 4.90 Å². The number of hydrogen-bond acceptors (Lipinski definition) is 5. The molecule has 110 valence electrons. The molecule has 1 aromatic carbocycles. The molecule has 9 heteroatoms. The first-order valence-corrected chi connectivity index (χ1v) is 7.18. The van der Waals surface area contributed by atoms with Gasteiger partial charge in [-0.1, -0.05) is 12.1 Å². The molecular weight excluding hydrogens is 298 g/mol. The van der Waals surface area contributed by atoms with Crippen LogP contribution in [-0.2, 0) is 10.0 Å². The van der Waals surface area contributed by atoms with E-state index in [2.05, 4.69) is 10.3 Å². The number of benzene rings is 1. The Labute approximate surface area is 119 Å². The van der Waals surface area contributed by atoms with Gasteiger partial charge < -0.3 is 10.4 Å². The predicted molar refractivity (Wildman–Crippen MR) is 74.5 cm³/mol. The second kappa shape index (κ2) is 5.38. The third-order valence-electron chi connectivity index (χ3n) is 2.53. The lowest BCUT2D eigenvalue weighted by Crippen LogP contribution is -2.19. The highest BCUT2D eigenvalue weighted by Gasteiger charge is 2.16. The van der Waals surface area contributed by atoms with Gasteiger partial charge in [0.25, 0.3) is 11.5 Å². The minimum atomic E-state index is -4.01. The molecule has 1 amide bonds. The lowest BCUT2D eigenvalue weighted by molar-refractivity contribution is 0.102. The fourth-order valence-corrected chi connectivity index (χ4v) is 2.37. The van der Waals surface area contributed by atoms with E-state index in [4.69, 9.17) is 5.14 Å². The van der Waals surface area contributed by atoms with Gasteiger partial charge in [0.1, 0.15) is 4.90 Å². The van der Waals surface area contributed by atoms with E-state index in [1.807, 2.05) is 0 Å². The van der Waals surface area contributed by atoms with Gasteiger partial charge in [0.2, 0.25) is 10.0 Å². The van der Waals surface area contributed by atoms with Crippen LogP contribution in [0.4, 0.5) is 5.69 Å². The summed E-state index contributed by atoms with van der Waals surface area (Å²) in [4.78, 5) is 25.0. The Balaban J connectivity index is 2.39. The summed E-state index contributed by atoms with van der Waals surface area (Å²) in [7, 11) is -4.01. The molecule has 0 fully saturated rings. The molecule has 0 atom stereocenters. The number of aromatic nitrogens is 1. The van der Waals surface area contributed by atoms with Crippen molar-refractivity contribution in [2.24, 2.45) is 5.14 Å². The molecule has 0 aliphatic rings. The van der Waals surface area contributed by atoms with Crippen LogP contribution in [0.5, 0.6) is 5.88 Å². The monoisotopic (exact) mass is 309 g/mol. The van der Waals surface area contributed by atoms with Crippen LogP contribution < -0.4 is 16.0 Å². The standard InChI is InChI=1S/C12H11N3O5S/c13-21(19,20)9-4-2-1-3-8(9)14-12(18)7-5-10(16)15-11(17)6-7/h1-6H,(H,14,18)(H2,13,19,20)(H2,15,16,17). The van der Waals surface area contributed by atoms with Crippen LogP contribution in [0.3, 0.4) is 0 Å². The largest absolute Gasteiger partial charge is 0.494 e. The first-order chi connectivity index (χ1) is 9.77. The lowest BCUT2D eigenvalue weighted by Gasteiger charge is -2.09. The highest BCUT2D eigenvalue weighted by Crippen LogP contribution is 2.20. The summed E-state index contributed by atoms with van der Waals surface area (Å²) in [6, 6.07) is 7.56. The number of aromatic hydroxyl groups is 1. The van der Waals surface area contributed by atoms with Gasteiger partial charge in [-0.2, -0.15) is 0 Å². The number of rotatable bonds is 3. The predicted octanol–water partition coefficient (Wildman–Crippen LogP) is -0.0198. The second-order valence-corrected chi connectivity index (χ2v) is 5.64. The highest BCUT2D eigenvalue weighted by molar-refractivity contribution is 7.89. The van der Waals surface area contributed by atoms with Gasteiger partial charge in [0.15, 0.2) is 5.88 Å². The SMILES string of the molecule is NS(=O)(=O)c1ccccc1NC(=O)c1cc(O)[nH]c(=O)c1. The number of carbonyl (C=O) groups excluding carboxylic acids is 1. The Morgan fingerprint density at radius 2 is 1.90 bits per heavy atom. The number of H-pyrrole nitrogens is 1. The van der Waals surface area contributed by atoms with E-state index < -0.39 is 27.4 Å². The molecule has 0 unspecified atom stereocenters. The molecule has 0 bridgehead atoms. The van der Waals surface area contributed by atoms with Crippen molar-refractivity contribution < 1.29 is 18.3 Å². The fraction of sp³-hybridized carbons (Fsp3) is 0. The van der Waals surface area contributed by atoms with Gasteiger partial charge in [-0.25, -0.2) is 13.6 Å². The maximum Gasteiger partial charge on any atom is 0.256 e. The first kappa shape index (κ1) is 14.8. The van der Waals surface area contributed by atoms with E-state index in [9.17, 15) is 23.1 Å². The molecule has 0 saturated carbocycles. The van der Waals surface area contributed by atoms with Crippen LogP contribution in [0.1, 0.15) is 10.4 Å². The minimum absolute atomic E-state index is 0.0234. The summed E-state index contributed by atoms with van der Waals surface area (Å²) in [6.45, 7) is 0. The zero-order chi connectivity index (χ0) is 15.6. The summed E-state index contributed by atoms with van der Waals surface area (Å²) in [5, 5.41) is 16.6. The Morgan fingerprint density at radius 1 is 1.24 bits per heavy atom. The summed E-state index contributed by atoms with van der Waals surface area (Å²) >= 11 is 0. The number of sulfonamides is 1. The van der Waals surface area contributed by atoms with E-state index in [0.29, 0.717) is 0 Å². The van der Waals surface area contributed by atoms with E-state index in [-0.39, 0.29) is 16.1 Å². The number of primary sulfonamides is 1. The number of aromatic amines is 1. The fourth-order valence-electron chi connectivity index (χ4n) is 1.67. The maximum atomic E-state index is 12.0. The summed E-state index contributed by atoms with van der Waals surface area (Å²) < 4.78 is 22.8. The minimum Gasteiger partial charge on any atom is -0.494 e. The average molecular weight is 309 g/mol. The molecule has 8 nitrogen and oxygen atoms in total. The molecule has 2 rings (SSSR count). The number of nitrogens with one attached hydrogen (secondary N) is 2. The van der Waals surface area contributed by atoms with Crippen LogP contribution in [0.15, 0.2) is 46.1 Å². The normalized spacial score (nSPS) is 11.1. The molecule has 2 aromatic rings. The third kappa shape index (κ3) is 3.46. The number of anilines is 1. The van der Waals surface area contributed by atoms with Crippen molar-refractivity contribution in [3.8, 4) is 5.88 Å². The van der Waals surface area contributed by atoms with Crippen LogP contribution in [0.25, 0.3) is 0 Å². The van der Waals surface area contributed by atoms with Gasteiger partial charge >= 0.3 is 0 Å². The van der Waals surface area contributed by atoms with Crippen molar-refractivity contribution >= 4 is 21.6 Å². The number of hydrogen-bond donors (Lipinski definition) is 4. The van der Waals surface area contributed by atoms with Gasteiger partial charge in [-0.3, -0.25) is 14.6 Å². The number of carbonyl (C=O) groups is 1. The molecule has 0 spiro atoms. The van der Waals surface area contributed by atoms with Crippen molar-refractivity contribution in [2.75, 3.05) is 5.32 Å². The van der Waals surface area contributed by atoms with E-state index >= 15 is 0 Å². The maximum absolute atomic E-state index is 12.0. The van der Waals surface area contributed by atoms with Crippen molar-refractivity contribution in [1.29, 1.82) is 0 Å². The Morgan fingerprint density at radius 3 is 2.52 bits per heavy atom. The molecule has 1 aromatic heterocycles. The zero-order valence-electron chi connectivity index (χ0n) is 10.5. The molecule has 5 N–H and O–H groups in total. The molecular formula is C12H11N3O5S. The summed E-state index contributed by atoms with van der Waals surface area (Å²) in [5.41, 5.74) is -0.815. The van der Waals surface area contributed by atoms with Gasteiger partial charge in [-0.15, -0.1) is 0 Å². The van der Waals surface area contributed by atoms with Crippen LogP contribution in [0.2, 0.25) is 0 Å². The van der Waals surface area contributed by atoms with Gasteiger partial charge in [0.05, 0.1) is 11.3 Å². The third-order valence-corrected chi connectivity index (χ3v) is 3.50. The molecule has 0 saturated heterocycles. The van der Waals surface area contributed by atoms with Crippen LogP contribution in [0, 0.1) is 0 Å². The topological polar surface area (TPSA) is 142 Å². The van der Waals surface area contributed by atoms with Crippen molar-refractivity contribution in [3.63, 3.8) is 0 Å². The summed E-state index contributed by atoms with van der Waals surface area (Å²) in [6.07, 6.45) is 0. The second-order valence-electron chi connectivity index (χ2n) is 4.11. The quantitative estimate of drug-likeness (QED) is 0.630. The Bertz CT molecular complexity index is 857.